The summed E-state index contributed by atoms with van der Waals surface area (Å²) in [6, 6.07) is 24.0. The molecule has 4 aromatic rings. The van der Waals surface area contributed by atoms with E-state index in [2.05, 4.69) is 39.8 Å². The minimum atomic E-state index is -0.0615. The molecule has 0 saturated heterocycles. The van der Waals surface area contributed by atoms with Crippen LogP contribution in [0.3, 0.4) is 0 Å². The topological polar surface area (TPSA) is 68.0 Å². The maximum Gasteiger partial charge on any atom is 0.257 e. The van der Waals surface area contributed by atoms with E-state index in [0.717, 1.165) is 16.0 Å². The zero-order valence-corrected chi connectivity index (χ0v) is 15.9. The van der Waals surface area contributed by atoms with Gasteiger partial charge in [0.15, 0.2) is 0 Å². The summed E-state index contributed by atoms with van der Waals surface area (Å²) in [4.78, 5) is 13.5. The van der Waals surface area contributed by atoms with Crippen molar-refractivity contribution in [1.82, 2.24) is 15.5 Å². The lowest BCUT2D eigenvalue weighted by molar-refractivity contribution is -0.121. The van der Waals surface area contributed by atoms with Gasteiger partial charge in [-0.25, -0.2) is 0 Å². The van der Waals surface area contributed by atoms with Crippen molar-refractivity contribution in [2.75, 3.05) is 0 Å². The number of benzene rings is 2. The monoisotopic (exact) mass is 389 g/mol. The summed E-state index contributed by atoms with van der Waals surface area (Å²) in [5.74, 6) is 0.804. The molecule has 28 heavy (non-hydrogen) atoms. The first-order chi connectivity index (χ1) is 13.8. The van der Waals surface area contributed by atoms with E-state index in [9.17, 15) is 4.79 Å². The van der Waals surface area contributed by atoms with Crippen molar-refractivity contribution >= 4 is 17.2 Å². The van der Waals surface area contributed by atoms with Crippen molar-refractivity contribution in [3.05, 3.63) is 95.2 Å². The predicted octanol–water partition coefficient (Wildman–Crippen LogP) is 4.64. The Labute approximate surface area is 167 Å². The van der Waals surface area contributed by atoms with Gasteiger partial charge in [-0.15, -0.1) is 21.5 Å². The fourth-order valence-electron chi connectivity index (χ4n) is 3.06. The van der Waals surface area contributed by atoms with Gasteiger partial charge in [-0.05, 0) is 22.6 Å². The molecule has 1 amide bonds. The van der Waals surface area contributed by atoms with Crippen LogP contribution in [0.1, 0.15) is 29.4 Å². The minimum absolute atomic E-state index is 0.00763. The molecule has 1 N–H and O–H groups in total. The first kappa shape index (κ1) is 18.1. The van der Waals surface area contributed by atoms with Crippen LogP contribution in [0.5, 0.6) is 0 Å². The van der Waals surface area contributed by atoms with Gasteiger partial charge in [0.1, 0.15) is 0 Å². The molecular formula is C22H19N3O2S. The molecule has 140 valence electrons. The summed E-state index contributed by atoms with van der Waals surface area (Å²) in [7, 11) is 0. The largest absolute Gasteiger partial charge is 0.418 e. The van der Waals surface area contributed by atoms with Crippen LogP contribution < -0.4 is 5.32 Å². The Morgan fingerprint density at radius 3 is 2.21 bits per heavy atom. The minimum Gasteiger partial charge on any atom is -0.418 e. The molecule has 2 heterocycles. The van der Waals surface area contributed by atoms with Gasteiger partial charge in [0.2, 0.25) is 11.8 Å². The van der Waals surface area contributed by atoms with Gasteiger partial charge in [-0.1, -0.05) is 66.7 Å². The Morgan fingerprint density at radius 1 is 0.929 bits per heavy atom. The number of rotatable bonds is 7. The Kier molecular flexibility index (Phi) is 5.58. The molecule has 4 rings (SSSR count). The number of carbonyl (C=O) groups is 1. The molecule has 0 radical (unpaired) electrons. The number of nitrogens with zero attached hydrogens (tertiary/aromatic N) is 2. The van der Waals surface area contributed by atoms with Crippen LogP contribution in [0.15, 0.2) is 82.6 Å². The van der Waals surface area contributed by atoms with E-state index in [-0.39, 0.29) is 18.4 Å². The van der Waals surface area contributed by atoms with E-state index in [1.807, 2.05) is 53.9 Å². The average Bonchev–Trinajstić information content (AvgIpc) is 3.43. The number of thiophene rings is 1. The maximum atomic E-state index is 12.6. The first-order valence-corrected chi connectivity index (χ1v) is 9.90. The Bertz CT molecular complexity index is 975. The van der Waals surface area contributed by atoms with Crippen LogP contribution in [-0.4, -0.2) is 16.1 Å². The molecule has 0 saturated carbocycles. The molecule has 0 aliphatic heterocycles. The SMILES string of the molecule is O=C(CC(c1ccccc1)c1ccccc1)NCc1nnc(-c2cccs2)o1. The highest BCUT2D eigenvalue weighted by Gasteiger charge is 2.18. The summed E-state index contributed by atoms with van der Waals surface area (Å²) in [6.45, 7) is 0.216. The third-order valence-electron chi connectivity index (χ3n) is 4.43. The molecular weight excluding hydrogens is 370 g/mol. The highest BCUT2D eigenvalue weighted by molar-refractivity contribution is 7.13. The van der Waals surface area contributed by atoms with Gasteiger partial charge >= 0.3 is 0 Å². The number of hydrogen-bond acceptors (Lipinski definition) is 5. The van der Waals surface area contributed by atoms with Crippen molar-refractivity contribution < 1.29 is 9.21 Å². The second-order valence-corrected chi connectivity index (χ2v) is 7.28. The summed E-state index contributed by atoms with van der Waals surface area (Å²) in [6.07, 6.45) is 0.347. The van der Waals surface area contributed by atoms with E-state index in [1.54, 1.807) is 0 Å². The molecule has 6 heteroatoms. The van der Waals surface area contributed by atoms with Crippen molar-refractivity contribution in [1.29, 1.82) is 0 Å². The summed E-state index contributed by atoms with van der Waals surface area (Å²) in [5.41, 5.74) is 2.23. The second-order valence-electron chi connectivity index (χ2n) is 6.33. The van der Waals surface area contributed by atoms with Gasteiger partial charge in [0.25, 0.3) is 5.89 Å². The molecule has 0 aliphatic rings. The normalized spacial score (nSPS) is 10.9. The van der Waals surface area contributed by atoms with Crippen LogP contribution in [0.4, 0.5) is 0 Å². The van der Waals surface area contributed by atoms with Crippen LogP contribution >= 0.6 is 11.3 Å². The molecule has 2 aromatic carbocycles. The van der Waals surface area contributed by atoms with Gasteiger partial charge in [0.05, 0.1) is 11.4 Å². The zero-order chi connectivity index (χ0) is 19.2. The summed E-state index contributed by atoms with van der Waals surface area (Å²) < 4.78 is 5.63. The van der Waals surface area contributed by atoms with E-state index in [1.165, 1.54) is 11.3 Å². The maximum absolute atomic E-state index is 12.6. The molecule has 0 atom stereocenters. The first-order valence-electron chi connectivity index (χ1n) is 9.02. The molecule has 2 aromatic heterocycles. The number of carbonyl (C=O) groups excluding carboxylic acids is 1. The van der Waals surface area contributed by atoms with Crippen molar-refractivity contribution in [2.24, 2.45) is 0 Å². The number of aromatic nitrogens is 2. The Balaban J connectivity index is 1.42. The van der Waals surface area contributed by atoms with Gasteiger partial charge in [0, 0.05) is 12.3 Å². The molecule has 0 aliphatic carbocycles. The van der Waals surface area contributed by atoms with Crippen molar-refractivity contribution in [3.8, 4) is 10.8 Å². The van der Waals surface area contributed by atoms with Gasteiger partial charge in [-0.2, -0.15) is 0 Å². The third kappa shape index (κ3) is 4.35. The molecule has 5 nitrogen and oxygen atoms in total. The fraction of sp³-hybridized carbons (Fsp3) is 0.136. The average molecular weight is 389 g/mol. The molecule has 0 spiro atoms. The molecule has 0 bridgehead atoms. The van der Waals surface area contributed by atoms with Crippen LogP contribution in [-0.2, 0) is 11.3 Å². The van der Waals surface area contributed by atoms with Crippen molar-refractivity contribution in [3.63, 3.8) is 0 Å². The number of amides is 1. The smallest absolute Gasteiger partial charge is 0.257 e. The number of hydrogen-bond donors (Lipinski definition) is 1. The standard InChI is InChI=1S/C22H19N3O2S/c26-20(23-15-21-24-25-22(27-21)19-12-7-13-28-19)14-18(16-8-3-1-4-9-16)17-10-5-2-6-11-17/h1-13,18H,14-15H2,(H,23,26). The van der Waals surface area contributed by atoms with E-state index in [4.69, 9.17) is 4.42 Å². The van der Waals surface area contributed by atoms with Gasteiger partial charge < -0.3 is 9.73 Å². The molecule has 0 unspecified atom stereocenters. The van der Waals surface area contributed by atoms with Gasteiger partial charge in [-0.3, -0.25) is 4.79 Å². The lowest BCUT2D eigenvalue weighted by Gasteiger charge is -2.17. The van der Waals surface area contributed by atoms with Crippen LogP contribution in [0, 0.1) is 0 Å². The Morgan fingerprint density at radius 2 is 1.61 bits per heavy atom. The van der Waals surface area contributed by atoms with Crippen LogP contribution in [0.2, 0.25) is 0 Å². The summed E-state index contributed by atoms with van der Waals surface area (Å²) in [5, 5.41) is 12.9. The van der Waals surface area contributed by atoms with E-state index < -0.39 is 0 Å². The quantitative estimate of drug-likeness (QED) is 0.500. The van der Waals surface area contributed by atoms with Crippen molar-refractivity contribution in [2.45, 2.75) is 18.9 Å². The number of nitrogens with one attached hydrogen (secondary N) is 1. The molecule has 0 fully saturated rings. The lowest BCUT2D eigenvalue weighted by atomic mass is 9.88. The highest BCUT2D eigenvalue weighted by atomic mass is 32.1. The second kappa shape index (κ2) is 8.63. The fourth-order valence-corrected chi connectivity index (χ4v) is 3.70. The van der Waals surface area contributed by atoms with E-state index >= 15 is 0 Å². The van der Waals surface area contributed by atoms with E-state index in [0.29, 0.717) is 18.2 Å². The highest BCUT2D eigenvalue weighted by Crippen LogP contribution is 2.28. The third-order valence-corrected chi connectivity index (χ3v) is 5.29. The lowest BCUT2D eigenvalue weighted by Crippen LogP contribution is -2.25. The predicted molar refractivity (Wildman–Crippen MR) is 109 cm³/mol. The Hall–Kier alpha value is -3.25. The van der Waals surface area contributed by atoms with Crippen LogP contribution in [0.25, 0.3) is 10.8 Å². The zero-order valence-electron chi connectivity index (χ0n) is 15.1. The summed E-state index contributed by atoms with van der Waals surface area (Å²) >= 11 is 1.53.